The molecule has 1 N–H and O–H groups in total. The molecule has 1 heterocycles. The lowest BCUT2D eigenvalue weighted by molar-refractivity contribution is -0.125. The average Bonchev–Trinajstić information content (AvgIpc) is 2.16. The van der Waals surface area contributed by atoms with Gasteiger partial charge in [0.2, 0.25) is 5.91 Å². The second kappa shape index (κ2) is 4.06. The van der Waals surface area contributed by atoms with Crippen molar-refractivity contribution >= 4 is 19.2 Å². The Balaban J connectivity index is 3.10. The van der Waals surface area contributed by atoms with E-state index >= 15 is 0 Å². The van der Waals surface area contributed by atoms with Crippen LogP contribution in [0, 0.1) is 0 Å². The van der Waals surface area contributed by atoms with E-state index < -0.39 is 7.05 Å². The molecule has 5 heteroatoms. The largest absolute Gasteiger partial charge is 0.474 e. The lowest BCUT2D eigenvalue weighted by atomic mass is 9.69. The fraction of sp³-hybridized carbons (Fsp3) is 0.111. The Morgan fingerprint density at radius 2 is 2.29 bits per heavy atom. The zero-order chi connectivity index (χ0) is 10.7. The van der Waals surface area contributed by atoms with Crippen molar-refractivity contribution in [1.29, 1.82) is 0 Å². The van der Waals surface area contributed by atoms with Gasteiger partial charge in [-0.2, -0.15) is 5.10 Å². The summed E-state index contributed by atoms with van der Waals surface area (Å²) in [4.78, 5) is 12.0. The highest BCUT2D eigenvalue weighted by Crippen LogP contribution is 2.16. The SMILES string of the molecule is C=CC1=C(C=C)B(O)N(C(C)=O)N=C1. The van der Waals surface area contributed by atoms with Crippen LogP contribution in [0.1, 0.15) is 6.92 Å². The van der Waals surface area contributed by atoms with Gasteiger partial charge in [0.25, 0.3) is 0 Å². The first-order chi connectivity index (χ1) is 6.61. The molecule has 0 aliphatic carbocycles. The quantitative estimate of drug-likeness (QED) is 0.645. The van der Waals surface area contributed by atoms with E-state index in [1.54, 1.807) is 6.08 Å². The molecule has 0 saturated carbocycles. The molecule has 0 bridgehead atoms. The van der Waals surface area contributed by atoms with Gasteiger partial charge < -0.3 is 5.02 Å². The van der Waals surface area contributed by atoms with E-state index in [4.69, 9.17) is 0 Å². The normalized spacial score (nSPS) is 15.9. The Kier molecular flexibility index (Phi) is 3.04. The van der Waals surface area contributed by atoms with Crippen LogP contribution in [0.5, 0.6) is 0 Å². The van der Waals surface area contributed by atoms with Crippen LogP contribution in [0.25, 0.3) is 0 Å². The van der Waals surface area contributed by atoms with Crippen molar-refractivity contribution in [3.8, 4) is 0 Å². The molecule has 1 rings (SSSR count). The molecular weight excluding hydrogens is 179 g/mol. The predicted molar refractivity (Wildman–Crippen MR) is 56.4 cm³/mol. The summed E-state index contributed by atoms with van der Waals surface area (Å²) in [5.74, 6) is -0.323. The molecule has 0 aromatic carbocycles. The molecule has 0 aromatic heterocycles. The van der Waals surface area contributed by atoms with Gasteiger partial charge in [-0.15, -0.1) is 0 Å². The highest BCUT2D eigenvalue weighted by atomic mass is 16.2. The number of carbonyl (C=O) groups excluding carboxylic acids is 1. The van der Waals surface area contributed by atoms with Crippen LogP contribution in [-0.4, -0.2) is 29.1 Å². The van der Waals surface area contributed by atoms with Crippen molar-refractivity contribution in [2.45, 2.75) is 6.92 Å². The highest BCUT2D eigenvalue weighted by Gasteiger charge is 2.31. The predicted octanol–water partition coefficient (Wildman–Crippen LogP) is 0.523. The second-order valence-corrected chi connectivity index (χ2v) is 2.80. The number of nitrogens with zero attached hydrogens (tertiary/aromatic N) is 2. The van der Waals surface area contributed by atoms with E-state index in [-0.39, 0.29) is 5.91 Å². The summed E-state index contributed by atoms with van der Waals surface area (Å²) < 4.78 is 0. The lowest BCUT2D eigenvalue weighted by Crippen LogP contribution is -2.43. The number of hydrogen-bond acceptors (Lipinski definition) is 3. The van der Waals surface area contributed by atoms with E-state index in [9.17, 15) is 9.82 Å². The third-order valence-corrected chi connectivity index (χ3v) is 1.93. The minimum Gasteiger partial charge on any atom is -0.427 e. The molecule has 1 aliphatic heterocycles. The van der Waals surface area contributed by atoms with Crippen LogP contribution in [0.2, 0.25) is 0 Å². The van der Waals surface area contributed by atoms with Crippen molar-refractivity contribution in [3.05, 3.63) is 36.4 Å². The minimum atomic E-state index is -1.07. The van der Waals surface area contributed by atoms with Crippen LogP contribution >= 0.6 is 0 Å². The molecule has 0 fully saturated rings. The third kappa shape index (κ3) is 1.67. The van der Waals surface area contributed by atoms with Gasteiger partial charge in [0.1, 0.15) is 0 Å². The summed E-state index contributed by atoms with van der Waals surface area (Å²) in [6.45, 7) is 8.47. The van der Waals surface area contributed by atoms with Gasteiger partial charge in [-0.25, -0.2) is 4.92 Å². The van der Waals surface area contributed by atoms with Gasteiger partial charge >= 0.3 is 7.05 Å². The average molecular weight is 190 g/mol. The number of amides is 1. The first-order valence-electron chi connectivity index (χ1n) is 4.12. The second-order valence-electron chi connectivity index (χ2n) is 2.80. The Bertz CT molecular complexity index is 347. The van der Waals surface area contributed by atoms with E-state index in [2.05, 4.69) is 18.3 Å². The topological polar surface area (TPSA) is 52.9 Å². The molecule has 0 atom stereocenters. The fourth-order valence-corrected chi connectivity index (χ4v) is 1.19. The Hall–Kier alpha value is -1.62. The summed E-state index contributed by atoms with van der Waals surface area (Å²) in [5.41, 5.74) is 1.20. The smallest absolute Gasteiger partial charge is 0.427 e. The molecule has 0 aromatic rings. The van der Waals surface area contributed by atoms with E-state index in [0.717, 1.165) is 4.92 Å². The van der Waals surface area contributed by atoms with Crippen LogP contribution in [0.3, 0.4) is 0 Å². The first kappa shape index (κ1) is 10.5. The van der Waals surface area contributed by atoms with E-state index in [1.165, 1.54) is 19.2 Å². The van der Waals surface area contributed by atoms with Crippen LogP contribution in [0.4, 0.5) is 0 Å². The van der Waals surface area contributed by atoms with E-state index in [0.29, 0.717) is 11.0 Å². The van der Waals surface area contributed by atoms with Crippen LogP contribution in [-0.2, 0) is 4.79 Å². The summed E-state index contributed by atoms with van der Waals surface area (Å²) >= 11 is 0. The molecule has 72 valence electrons. The van der Waals surface area contributed by atoms with Crippen molar-refractivity contribution < 1.29 is 9.82 Å². The zero-order valence-corrected chi connectivity index (χ0v) is 7.97. The molecule has 4 nitrogen and oxygen atoms in total. The Labute approximate surface area is 83.0 Å². The monoisotopic (exact) mass is 190 g/mol. The molecule has 1 amide bonds. The Morgan fingerprint density at radius 3 is 2.71 bits per heavy atom. The van der Waals surface area contributed by atoms with E-state index in [1.807, 2.05) is 0 Å². The van der Waals surface area contributed by atoms with Gasteiger partial charge in [-0.3, -0.25) is 4.79 Å². The van der Waals surface area contributed by atoms with Gasteiger partial charge in [0, 0.05) is 6.92 Å². The van der Waals surface area contributed by atoms with Gasteiger partial charge in [0.05, 0.1) is 6.21 Å². The maximum Gasteiger partial charge on any atom is 0.474 e. The zero-order valence-electron chi connectivity index (χ0n) is 7.97. The number of rotatable bonds is 2. The fourth-order valence-electron chi connectivity index (χ4n) is 1.19. The van der Waals surface area contributed by atoms with Gasteiger partial charge in [-0.1, -0.05) is 25.3 Å². The summed E-state index contributed by atoms with van der Waals surface area (Å²) in [7, 11) is -1.07. The number of hydrogen-bond donors (Lipinski definition) is 1. The van der Waals surface area contributed by atoms with Crippen LogP contribution < -0.4 is 0 Å². The molecular formula is C9H11BN2O2. The van der Waals surface area contributed by atoms with Crippen molar-refractivity contribution in [3.63, 3.8) is 0 Å². The molecule has 0 radical (unpaired) electrons. The summed E-state index contributed by atoms with van der Waals surface area (Å²) in [6.07, 6.45) is 4.52. The first-order valence-corrected chi connectivity index (χ1v) is 4.12. The summed E-state index contributed by atoms with van der Waals surface area (Å²) in [6, 6.07) is 0. The molecule has 0 saturated heterocycles. The minimum absolute atomic E-state index is 0.323. The van der Waals surface area contributed by atoms with Crippen LogP contribution in [0.15, 0.2) is 41.5 Å². The molecule has 14 heavy (non-hydrogen) atoms. The molecule has 0 spiro atoms. The number of hydrazone groups is 1. The van der Waals surface area contributed by atoms with Gasteiger partial charge in [-0.05, 0) is 11.0 Å². The standard InChI is InChI=1S/C9H11BN2O2/c1-4-8-6-11-12(7(3)13)10(14)9(8)5-2/h4-6,14H,1-2H2,3H3. The number of allylic oxidation sites excluding steroid dienone is 4. The third-order valence-electron chi connectivity index (χ3n) is 1.93. The van der Waals surface area contributed by atoms with Crippen molar-refractivity contribution in [2.75, 3.05) is 0 Å². The molecule has 1 aliphatic rings. The summed E-state index contributed by atoms with van der Waals surface area (Å²) in [5, 5.41) is 13.5. The lowest BCUT2D eigenvalue weighted by Gasteiger charge is -2.23. The maximum atomic E-state index is 11.0. The number of carbonyl (C=O) groups is 1. The van der Waals surface area contributed by atoms with Gasteiger partial charge in [0.15, 0.2) is 0 Å². The maximum absolute atomic E-state index is 11.0. The van der Waals surface area contributed by atoms with Crippen molar-refractivity contribution in [2.24, 2.45) is 5.10 Å². The highest BCUT2D eigenvalue weighted by molar-refractivity contribution is 6.61. The van der Waals surface area contributed by atoms with Crippen molar-refractivity contribution in [1.82, 2.24) is 4.92 Å². The Morgan fingerprint density at radius 1 is 1.64 bits per heavy atom. The molecule has 0 unspecified atom stereocenters.